The SMILES string of the molecule is O=C(NC(Cc1ccccc1)C(=O)NCCc1nc2ccccc2[nH]1)c1ccc(Cl)cc1. The van der Waals surface area contributed by atoms with Crippen LogP contribution in [0.3, 0.4) is 0 Å². The lowest BCUT2D eigenvalue weighted by Crippen LogP contribution is -2.48. The molecule has 0 bridgehead atoms. The van der Waals surface area contributed by atoms with Gasteiger partial charge in [-0.3, -0.25) is 9.59 Å². The van der Waals surface area contributed by atoms with E-state index in [0.29, 0.717) is 30.0 Å². The molecule has 0 aliphatic carbocycles. The van der Waals surface area contributed by atoms with E-state index >= 15 is 0 Å². The number of H-pyrrole nitrogens is 1. The van der Waals surface area contributed by atoms with Crippen LogP contribution in [0.5, 0.6) is 0 Å². The van der Waals surface area contributed by atoms with Crippen molar-refractivity contribution in [2.75, 3.05) is 6.54 Å². The van der Waals surface area contributed by atoms with E-state index in [2.05, 4.69) is 20.6 Å². The quantitative estimate of drug-likeness (QED) is 0.383. The first-order valence-corrected chi connectivity index (χ1v) is 10.8. The van der Waals surface area contributed by atoms with Gasteiger partial charge in [-0.25, -0.2) is 4.98 Å². The minimum absolute atomic E-state index is 0.243. The second kappa shape index (κ2) is 10.1. The molecular formula is C25H23ClN4O2. The summed E-state index contributed by atoms with van der Waals surface area (Å²) in [7, 11) is 0. The first kappa shape index (κ1) is 21.6. The smallest absolute Gasteiger partial charge is 0.251 e. The summed E-state index contributed by atoms with van der Waals surface area (Å²) in [4.78, 5) is 33.4. The third-order valence-electron chi connectivity index (χ3n) is 5.11. The molecule has 7 heteroatoms. The maximum Gasteiger partial charge on any atom is 0.251 e. The number of nitrogens with zero attached hydrogens (tertiary/aromatic N) is 1. The summed E-state index contributed by atoms with van der Waals surface area (Å²) in [5.41, 5.74) is 3.26. The fraction of sp³-hybridized carbons (Fsp3) is 0.160. The van der Waals surface area contributed by atoms with Crippen molar-refractivity contribution >= 4 is 34.4 Å². The number of aromatic amines is 1. The Morgan fingerprint density at radius 1 is 0.938 bits per heavy atom. The van der Waals surface area contributed by atoms with Gasteiger partial charge < -0.3 is 15.6 Å². The Morgan fingerprint density at radius 2 is 1.66 bits per heavy atom. The molecule has 0 saturated carbocycles. The van der Waals surface area contributed by atoms with Crippen LogP contribution in [0.2, 0.25) is 5.02 Å². The van der Waals surface area contributed by atoms with Gasteiger partial charge >= 0.3 is 0 Å². The molecule has 162 valence electrons. The number of benzene rings is 3. The number of rotatable bonds is 8. The lowest BCUT2D eigenvalue weighted by atomic mass is 10.0. The number of fused-ring (bicyclic) bond motifs is 1. The molecule has 1 heterocycles. The number of imidazole rings is 1. The van der Waals surface area contributed by atoms with E-state index in [-0.39, 0.29) is 11.8 Å². The minimum atomic E-state index is -0.712. The average molecular weight is 447 g/mol. The van der Waals surface area contributed by atoms with Gasteiger partial charge in [-0.15, -0.1) is 0 Å². The van der Waals surface area contributed by atoms with E-state index in [1.807, 2.05) is 54.6 Å². The first-order chi connectivity index (χ1) is 15.6. The van der Waals surface area contributed by atoms with Gasteiger partial charge in [0, 0.05) is 30.0 Å². The number of nitrogens with one attached hydrogen (secondary N) is 3. The van der Waals surface area contributed by atoms with Crippen LogP contribution in [0, 0.1) is 0 Å². The van der Waals surface area contributed by atoms with E-state index in [1.54, 1.807) is 24.3 Å². The molecule has 6 nitrogen and oxygen atoms in total. The summed E-state index contributed by atoms with van der Waals surface area (Å²) in [6, 6.07) is 23.2. The standard InChI is InChI=1S/C25H23ClN4O2/c26-19-12-10-18(11-13-19)24(31)30-22(16-17-6-2-1-3-7-17)25(32)27-15-14-23-28-20-8-4-5-9-21(20)29-23/h1-13,22H,14-16H2,(H,27,32)(H,28,29)(H,30,31). The Hall–Kier alpha value is -3.64. The number of halogens is 1. The molecule has 0 aliphatic heterocycles. The highest BCUT2D eigenvalue weighted by molar-refractivity contribution is 6.30. The predicted octanol–water partition coefficient (Wildman–Crippen LogP) is 3.92. The number of hydrogen-bond acceptors (Lipinski definition) is 3. The van der Waals surface area contributed by atoms with E-state index in [1.165, 1.54) is 0 Å². The Kier molecular flexibility index (Phi) is 6.82. The topological polar surface area (TPSA) is 86.9 Å². The maximum absolute atomic E-state index is 13.0. The van der Waals surface area contributed by atoms with E-state index in [4.69, 9.17) is 11.6 Å². The van der Waals surface area contributed by atoms with Crippen LogP contribution in [-0.2, 0) is 17.6 Å². The third kappa shape index (κ3) is 5.53. The molecule has 0 spiro atoms. The van der Waals surface area contributed by atoms with Crippen LogP contribution in [0.1, 0.15) is 21.7 Å². The maximum atomic E-state index is 13.0. The molecule has 0 aliphatic rings. The minimum Gasteiger partial charge on any atom is -0.354 e. The van der Waals surface area contributed by atoms with Crippen molar-refractivity contribution in [2.45, 2.75) is 18.9 Å². The number of para-hydroxylation sites is 2. The van der Waals surface area contributed by atoms with Gasteiger partial charge in [-0.1, -0.05) is 54.1 Å². The summed E-state index contributed by atoms with van der Waals surface area (Å²) in [6.45, 7) is 0.404. The van der Waals surface area contributed by atoms with Gasteiger partial charge in [0.1, 0.15) is 11.9 Å². The van der Waals surface area contributed by atoms with Crippen LogP contribution in [0.4, 0.5) is 0 Å². The lowest BCUT2D eigenvalue weighted by Gasteiger charge is -2.19. The number of carbonyl (C=O) groups is 2. The Morgan fingerprint density at radius 3 is 2.41 bits per heavy atom. The molecule has 0 radical (unpaired) electrons. The highest BCUT2D eigenvalue weighted by atomic mass is 35.5. The van der Waals surface area contributed by atoms with Crippen molar-refractivity contribution in [1.82, 2.24) is 20.6 Å². The number of aromatic nitrogens is 2. The molecule has 1 aromatic heterocycles. The van der Waals surface area contributed by atoms with Gasteiger partial charge in [-0.2, -0.15) is 0 Å². The van der Waals surface area contributed by atoms with Crippen LogP contribution < -0.4 is 10.6 Å². The first-order valence-electron chi connectivity index (χ1n) is 10.4. The van der Waals surface area contributed by atoms with E-state index in [9.17, 15) is 9.59 Å². The van der Waals surface area contributed by atoms with Gasteiger partial charge in [0.15, 0.2) is 0 Å². The zero-order valence-corrected chi connectivity index (χ0v) is 18.1. The Bertz CT molecular complexity index is 1170. The second-order valence-corrected chi connectivity index (χ2v) is 7.90. The Labute approximate surface area is 191 Å². The molecule has 3 N–H and O–H groups in total. The summed E-state index contributed by atoms with van der Waals surface area (Å²) in [5, 5.41) is 6.33. The van der Waals surface area contributed by atoms with Crippen molar-refractivity contribution in [2.24, 2.45) is 0 Å². The zero-order valence-electron chi connectivity index (χ0n) is 17.3. The van der Waals surface area contributed by atoms with Gasteiger partial charge in [-0.05, 0) is 42.0 Å². The summed E-state index contributed by atoms with van der Waals surface area (Å²) < 4.78 is 0. The van der Waals surface area contributed by atoms with Crippen molar-refractivity contribution in [1.29, 1.82) is 0 Å². The molecule has 4 rings (SSSR count). The third-order valence-corrected chi connectivity index (χ3v) is 5.36. The summed E-state index contributed by atoms with van der Waals surface area (Å²) in [6.07, 6.45) is 0.945. The summed E-state index contributed by atoms with van der Waals surface area (Å²) in [5.74, 6) is 0.235. The number of carbonyl (C=O) groups excluding carboxylic acids is 2. The monoisotopic (exact) mass is 446 g/mol. The van der Waals surface area contributed by atoms with Gasteiger partial charge in [0.05, 0.1) is 11.0 Å². The molecule has 0 saturated heterocycles. The molecule has 3 aromatic carbocycles. The predicted molar refractivity (Wildman–Crippen MR) is 126 cm³/mol. The Balaban J connectivity index is 1.41. The zero-order chi connectivity index (χ0) is 22.3. The molecular weight excluding hydrogens is 424 g/mol. The largest absolute Gasteiger partial charge is 0.354 e. The fourth-order valence-electron chi connectivity index (χ4n) is 3.45. The average Bonchev–Trinajstić information content (AvgIpc) is 3.22. The van der Waals surface area contributed by atoms with Crippen molar-refractivity contribution in [3.8, 4) is 0 Å². The van der Waals surface area contributed by atoms with Crippen molar-refractivity contribution < 1.29 is 9.59 Å². The lowest BCUT2D eigenvalue weighted by molar-refractivity contribution is -0.122. The van der Waals surface area contributed by atoms with Crippen LogP contribution in [0.25, 0.3) is 11.0 Å². The summed E-state index contributed by atoms with van der Waals surface area (Å²) >= 11 is 5.91. The normalized spacial score (nSPS) is 11.8. The van der Waals surface area contributed by atoms with E-state index < -0.39 is 6.04 Å². The van der Waals surface area contributed by atoms with Crippen molar-refractivity contribution in [3.05, 3.63) is 101 Å². The fourth-order valence-corrected chi connectivity index (χ4v) is 3.58. The molecule has 1 unspecified atom stereocenters. The highest BCUT2D eigenvalue weighted by Crippen LogP contribution is 2.12. The van der Waals surface area contributed by atoms with Gasteiger partial charge in [0.2, 0.25) is 5.91 Å². The van der Waals surface area contributed by atoms with E-state index in [0.717, 1.165) is 22.4 Å². The van der Waals surface area contributed by atoms with Crippen LogP contribution in [0.15, 0.2) is 78.9 Å². The van der Waals surface area contributed by atoms with Crippen molar-refractivity contribution in [3.63, 3.8) is 0 Å². The highest BCUT2D eigenvalue weighted by Gasteiger charge is 2.22. The van der Waals surface area contributed by atoms with Crippen LogP contribution >= 0.6 is 11.6 Å². The molecule has 4 aromatic rings. The second-order valence-electron chi connectivity index (χ2n) is 7.46. The molecule has 2 amide bonds. The van der Waals surface area contributed by atoms with Gasteiger partial charge in [0.25, 0.3) is 5.91 Å². The molecule has 1 atom stereocenters. The molecule has 0 fully saturated rings. The molecule has 32 heavy (non-hydrogen) atoms. The van der Waals surface area contributed by atoms with Crippen LogP contribution in [-0.4, -0.2) is 34.4 Å². The number of amides is 2. The number of hydrogen-bond donors (Lipinski definition) is 3.